The van der Waals surface area contributed by atoms with Crippen LogP contribution in [0.1, 0.15) is 19.8 Å². The average Bonchev–Trinajstić information content (AvgIpc) is 2.59. The van der Waals surface area contributed by atoms with Crippen LogP contribution in [0.25, 0.3) is 0 Å². The summed E-state index contributed by atoms with van der Waals surface area (Å²) >= 11 is 0. The monoisotopic (exact) mass is 200 g/mol. The number of hydrogen-bond donors (Lipinski definition) is 0. The van der Waals surface area contributed by atoms with Crippen molar-refractivity contribution >= 4 is 0 Å². The van der Waals surface area contributed by atoms with Crippen molar-refractivity contribution in [2.24, 2.45) is 0 Å². The molecule has 0 aromatic carbocycles. The maximum atomic E-state index is 5.43. The minimum absolute atomic E-state index is 0.837. The van der Waals surface area contributed by atoms with E-state index < -0.39 is 0 Å². The van der Waals surface area contributed by atoms with Crippen LogP contribution in [0.5, 0.6) is 0 Å². The van der Waals surface area contributed by atoms with E-state index in [1.165, 1.54) is 16.7 Å². The van der Waals surface area contributed by atoms with Crippen LogP contribution >= 0.6 is 0 Å². The molecule has 15 heavy (non-hydrogen) atoms. The molecule has 0 spiro atoms. The second-order valence-corrected chi connectivity index (χ2v) is 3.87. The minimum Gasteiger partial charge on any atom is -0.381 e. The number of ether oxygens (including phenoxy) is 1. The third-order valence-electron chi connectivity index (χ3n) is 2.62. The molecule has 1 heterocycles. The quantitative estimate of drug-likeness (QED) is 0.590. The summed E-state index contributed by atoms with van der Waals surface area (Å²) < 4.78 is 5.43. The first-order valence-corrected chi connectivity index (χ1v) is 5.44. The fourth-order valence-corrected chi connectivity index (χ4v) is 1.75. The fourth-order valence-electron chi connectivity index (χ4n) is 1.75. The second-order valence-electron chi connectivity index (χ2n) is 3.87. The maximum Gasteiger partial charge on any atom is 0.0506 e. The van der Waals surface area contributed by atoms with Gasteiger partial charge in [-0.25, -0.2) is 0 Å². The van der Waals surface area contributed by atoms with Crippen LogP contribution in [0.15, 0.2) is 52.8 Å². The summed E-state index contributed by atoms with van der Waals surface area (Å²) in [6.07, 6.45) is 12.7. The van der Waals surface area contributed by atoms with Crippen molar-refractivity contribution in [1.82, 2.24) is 0 Å². The van der Waals surface area contributed by atoms with Gasteiger partial charge in [0.1, 0.15) is 0 Å². The predicted molar refractivity (Wildman–Crippen MR) is 62.6 cm³/mol. The second kappa shape index (κ2) is 4.97. The predicted octanol–water partition coefficient (Wildman–Crippen LogP) is 3.32. The Morgan fingerprint density at radius 2 is 2.13 bits per heavy atom. The molecule has 1 aliphatic carbocycles. The van der Waals surface area contributed by atoms with E-state index in [0.717, 1.165) is 26.1 Å². The Morgan fingerprint density at radius 1 is 1.20 bits per heavy atom. The van der Waals surface area contributed by atoms with Crippen molar-refractivity contribution in [2.75, 3.05) is 13.2 Å². The van der Waals surface area contributed by atoms with E-state index in [0.29, 0.717) is 0 Å². The molecule has 0 saturated carbocycles. The number of hydrogen-bond acceptors (Lipinski definition) is 1. The van der Waals surface area contributed by atoms with Gasteiger partial charge in [0, 0.05) is 0 Å². The molecule has 1 nitrogen and oxygen atoms in total. The summed E-state index contributed by atoms with van der Waals surface area (Å²) in [7, 11) is 0. The van der Waals surface area contributed by atoms with Gasteiger partial charge in [-0.15, -0.1) is 5.73 Å². The van der Waals surface area contributed by atoms with Crippen molar-refractivity contribution in [1.29, 1.82) is 0 Å². The molecule has 0 N–H and O–H groups in total. The summed E-state index contributed by atoms with van der Waals surface area (Å²) in [5.74, 6) is 0. The van der Waals surface area contributed by atoms with Crippen LogP contribution in [0.4, 0.5) is 0 Å². The van der Waals surface area contributed by atoms with E-state index in [4.69, 9.17) is 4.74 Å². The minimum atomic E-state index is 0.837. The normalized spacial score (nSPS) is 21.3. The molecule has 0 saturated heterocycles. The van der Waals surface area contributed by atoms with Gasteiger partial charge in [0.25, 0.3) is 0 Å². The van der Waals surface area contributed by atoms with Crippen LogP contribution < -0.4 is 0 Å². The largest absolute Gasteiger partial charge is 0.381 e. The first-order chi connectivity index (χ1) is 7.36. The standard InChI is InChI=1S/C14H16O/c1-12-4-2-5-13(8-7-12)14-6-3-10-15-11-9-14/h4-8H,3,9-11H2,1H3. The molecule has 0 unspecified atom stereocenters. The lowest BCUT2D eigenvalue weighted by Crippen LogP contribution is -1.93. The average molecular weight is 200 g/mol. The molecular weight excluding hydrogens is 184 g/mol. The zero-order valence-electron chi connectivity index (χ0n) is 9.12. The van der Waals surface area contributed by atoms with Gasteiger partial charge in [-0.2, -0.15) is 0 Å². The third-order valence-corrected chi connectivity index (χ3v) is 2.62. The Balaban J connectivity index is 2.23. The van der Waals surface area contributed by atoms with Crippen molar-refractivity contribution in [3.05, 3.63) is 52.8 Å². The smallest absolute Gasteiger partial charge is 0.0506 e. The molecule has 0 atom stereocenters. The Morgan fingerprint density at radius 3 is 3.07 bits per heavy atom. The Hall–Kier alpha value is -1.30. The van der Waals surface area contributed by atoms with E-state index in [-0.39, 0.29) is 0 Å². The van der Waals surface area contributed by atoms with Gasteiger partial charge in [0.05, 0.1) is 13.2 Å². The first kappa shape index (κ1) is 10.2. The highest BCUT2D eigenvalue weighted by Gasteiger charge is 2.05. The number of rotatable bonds is 1. The molecular formula is C14H16O. The van der Waals surface area contributed by atoms with Gasteiger partial charge in [-0.1, -0.05) is 18.2 Å². The Labute approximate surface area is 91.1 Å². The highest BCUT2D eigenvalue weighted by molar-refractivity contribution is 5.45. The van der Waals surface area contributed by atoms with Gasteiger partial charge < -0.3 is 4.74 Å². The van der Waals surface area contributed by atoms with Crippen LogP contribution in [-0.2, 0) is 4.74 Å². The zero-order valence-corrected chi connectivity index (χ0v) is 9.12. The fraction of sp³-hybridized carbons (Fsp3) is 0.357. The molecule has 0 radical (unpaired) electrons. The van der Waals surface area contributed by atoms with Crippen LogP contribution in [0, 0.1) is 0 Å². The summed E-state index contributed by atoms with van der Waals surface area (Å²) in [5.41, 5.74) is 7.10. The zero-order chi connectivity index (χ0) is 10.5. The van der Waals surface area contributed by atoms with E-state index in [9.17, 15) is 0 Å². The van der Waals surface area contributed by atoms with Crippen molar-refractivity contribution in [3.63, 3.8) is 0 Å². The molecule has 0 aromatic rings. The summed E-state index contributed by atoms with van der Waals surface area (Å²) in [6, 6.07) is 0. The highest BCUT2D eigenvalue weighted by Crippen LogP contribution is 2.20. The molecule has 0 bridgehead atoms. The molecule has 2 aliphatic rings. The molecule has 0 fully saturated rings. The van der Waals surface area contributed by atoms with Gasteiger partial charge >= 0.3 is 0 Å². The Bertz CT molecular complexity index is 388. The third kappa shape index (κ3) is 2.82. The van der Waals surface area contributed by atoms with Crippen LogP contribution in [-0.4, -0.2) is 13.2 Å². The van der Waals surface area contributed by atoms with Crippen molar-refractivity contribution < 1.29 is 4.74 Å². The molecule has 78 valence electrons. The summed E-state index contributed by atoms with van der Waals surface area (Å²) in [5, 5.41) is 0. The van der Waals surface area contributed by atoms with E-state index >= 15 is 0 Å². The molecule has 0 aromatic heterocycles. The van der Waals surface area contributed by atoms with Crippen molar-refractivity contribution in [2.45, 2.75) is 19.8 Å². The van der Waals surface area contributed by atoms with Gasteiger partial charge in [-0.05, 0) is 48.6 Å². The lowest BCUT2D eigenvalue weighted by molar-refractivity contribution is 0.147. The van der Waals surface area contributed by atoms with E-state index in [1.54, 1.807) is 0 Å². The SMILES string of the molecule is CC1=CC=C(C2=CCCOCC2)C=C=C1. The van der Waals surface area contributed by atoms with Gasteiger partial charge in [0.15, 0.2) is 0 Å². The summed E-state index contributed by atoms with van der Waals surface area (Å²) in [6.45, 7) is 3.78. The van der Waals surface area contributed by atoms with E-state index in [1.807, 2.05) is 6.08 Å². The molecule has 0 amide bonds. The van der Waals surface area contributed by atoms with Gasteiger partial charge in [-0.3, -0.25) is 0 Å². The number of allylic oxidation sites excluding steroid dienone is 5. The lowest BCUT2D eigenvalue weighted by atomic mass is 10.0. The molecule has 1 aliphatic heterocycles. The van der Waals surface area contributed by atoms with Crippen LogP contribution in [0.3, 0.4) is 0 Å². The lowest BCUT2D eigenvalue weighted by Gasteiger charge is -2.04. The summed E-state index contributed by atoms with van der Waals surface area (Å²) in [4.78, 5) is 0. The molecule has 1 heteroatoms. The Kier molecular flexibility index (Phi) is 3.39. The van der Waals surface area contributed by atoms with Gasteiger partial charge in [0.2, 0.25) is 0 Å². The van der Waals surface area contributed by atoms with Crippen molar-refractivity contribution in [3.8, 4) is 0 Å². The molecule has 2 rings (SSSR count). The van der Waals surface area contributed by atoms with Crippen LogP contribution in [0.2, 0.25) is 0 Å². The first-order valence-electron chi connectivity index (χ1n) is 5.44. The van der Waals surface area contributed by atoms with E-state index in [2.05, 4.69) is 37.0 Å². The maximum absolute atomic E-state index is 5.43. The highest BCUT2D eigenvalue weighted by atomic mass is 16.5. The topological polar surface area (TPSA) is 9.23 Å².